The average Bonchev–Trinajstić information content (AvgIpc) is 3.21. The van der Waals surface area contributed by atoms with E-state index in [1.165, 1.54) is 11.6 Å². The maximum atomic E-state index is 13.1. The lowest BCUT2D eigenvalue weighted by Gasteiger charge is -2.23. The molecule has 0 aromatic heterocycles. The minimum Gasteiger partial charge on any atom is -0.370 e. The van der Waals surface area contributed by atoms with Crippen LogP contribution >= 0.6 is 0 Å². The van der Waals surface area contributed by atoms with Crippen LogP contribution in [0.15, 0.2) is 41.3 Å². The third kappa shape index (κ3) is 3.71. The number of rotatable bonds is 5. The first-order chi connectivity index (χ1) is 13.4. The first-order valence-corrected chi connectivity index (χ1v) is 11.3. The summed E-state index contributed by atoms with van der Waals surface area (Å²) < 4.78 is 28.9. The lowest BCUT2D eigenvalue weighted by atomic mass is 9.92. The van der Waals surface area contributed by atoms with E-state index in [4.69, 9.17) is 5.73 Å². The molecule has 7 heteroatoms. The summed E-state index contributed by atoms with van der Waals surface area (Å²) in [6, 6.07) is 10.3. The molecule has 1 aliphatic carbocycles. The van der Waals surface area contributed by atoms with Crippen molar-refractivity contribution in [2.45, 2.75) is 43.4 Å². The molecule has 0 radical (unpaired) electrons. The molecular formula is C21H25N3O3S. The summed E-state index contributed by atoms with van der Waals surface area (Å²) in [6.45, 7) is 1.73. The fourth-order valence-corrected chi connectivity index (χ4v) is 5.20. The first kappa shape index (κ1) is 18.8. The Balaban J connectivity index is 1.70. The van der Waals surface area contributed by atoms with Gasteiger partial charge in [-0.1, -0.05) is 6.07 Å². The topological polar surface area (TPSA) is 92.5 Å². The van der Waals surface area contributed by atoms with Gasteiger partial charge in [0, 0.05) is 18.7 Å². The van der Waals surface area contributed by atoms with Gasteiger partial charge in [-0.25, -0.2) is 8.42 Å². The van der Waals surface area contributed by atoms with Gasteiger partial charge < -0.3 is 10.6 Å². The van der Waals surface area contributed by atoms with Gasteiger partial charge in [-0.3, -0.25) is 9.52 Å². The van der Waals surface area contributed by atoms with Gasteiger partial charge in [0.25, 0.3) is 10.0 Å². The van der Waals surface area contributed by atoms with Gasteiger partial charge in [0.15, 0.2) is 0 Å². The maximum Gasteiger partial charge on any atom is 0.261 e. The predicted octanol–water partition coefficient (Wildman–Crippen LogP) is 3.07. The van der Waals surface area contributed by atoms with Gasteiger partial charge in [0.2, 0.25) is 5.91 Å². The van der Waals surface area contributed by atoms with Gasteiger partial charge in [0.05, 0.1) is 16.3 Å². The summed E-state index contributed by atoms with van der Waals surface area (Å²) in [7, 11) is -3.77. The van der Waals surface area contributed by atoms with Gasteiger partial charge in [-0.2, -0.15) is 0 Å². The van der Waals surface area contributed by atoms with Crippen molar-refractivity contribution < 1.29 is 13.2 Å². The first-order valence-electron chi connectivity index (χ1n) is 9.77. The third-order valence-corrected chi connectivity index (χ3v) is 6.97. The zero-order chi connectivity index (χ0) is 19.7. The highest BCUT2D eigenvalue weighted by Gasteiger charge is 2.22. The number of benzene rings is 2. The lowest BCUT2D eigenvalue weighted by molar-refractivity contribution is 0.100. The van der Waals surface area contributed by atoms with Crippen molar-refractivity contribution in [3.8, 4) is 0 Å². The largest absolute Gasteiger partial charge is 0.370 e. The number of primary amides is 1. The third-order valence-electron chi connectivity index (χ3n) is 5.60. The SMILES string of the molecule is NC(=O)c1ccc(N2CCCC2)c(NS(=O)(=O)c2ccc3c(c2)CCCC3)c1. The monoisotopic (exact) mass is 399 g/mol. The normalized spacial score (nSPS) is 16.6. The number of fused-ring (bicyclic) bond motifs is 1. The summed E-state index contributed by atoms with van der Waals surface area (Å²) in [6.07, 6.45) is 6.28. The number of carbonyl (C=O) groups excluding carboxylic acids is 1. The van der Waals surface area contributed by atoms with E-state index in [0.717, 1.165) is 62.9 Å². The maximum absolute atomic E-state index is 13.1. The molecule has 1 heterocycles. The zero-order valence-corrected chi connectivity index (χ0v) is 16.6. The van der Waals surface area contributed by atoms with Crippen molar-refractivity contribution >= 4 is 27.3 Å². The Morgan fingerprint density at radius 1 is 0.929 bits per heavy atom. The lowest BCUT2D eigenvalue weighted by Crippen LogP contribution is -2.22. The molecule has 2 aliphatic rings. The highest BCUT2D eigenvalue weighted by atomic mass is 32.2. The quantitative estimate of drug-likeness (QED) is 0.808. The smallest absolute Gasteiger partial charge is 0.261 e. The van der Waals surface area contributed by atoms with Crippen LogP contribution in [0.4, 0.5) is 11.4 Å². The van der Waals surface area contributed by atoms with Crippen molar-refractivity contribution in [1.29, 1.82) is 0 Å². The summed E-state index contributed by atoms with van der Waals surface area (Å²) in [5.74, 6) is -0.581. The van der Waals surface area contributed by atoms with E-state index in [-0.39, 0.29) is 10.5 Å². The number of nitrogens with zero attached hydrogens (tertiary/aromatic N) is 1. The van der Waals surface area contributed by atoms with Gasteiger partial charge in [-0.05, 0) is 80.0 Å². The van der Waals surface area contributed by atoms with Crippen molar-refractivity contribution in [2.24, 2.45) is 5.73 Å². The van der Waals surface area contributed by atoms with Crippen LogP contribution in [0.3, 0.4) is 0 Å². The molecule has 0 atom stereocenters. The number of nitrogens with two attached hydrogens (primary N) is 1. The van der Waals surface area contributed by atoms with Crippen LogP contribution in [-0.4, -0.2) is 27.4 Å². The number of aryl methyl sites for hydroxylation is 2. The standard InChI is InChI=1S/C21H25N3O3S/c22-21(25)17-8-10-20(24-11-3-4-12-24)19(14-17)23-28(26,27)18-9-7-15-5-1-2-6-16(15)13-18/h7-10,13-14,23H,1-6,11-12H2,(H2,22,25). The zero-order valence-electron chi connectivity index (χ0n) is 15.8. The molecule has 0 unspecified atom stereocenters. The minimum absolute atomic E-state index is 0.255. The van der Waals surface area contributed by atoms with Crippen LogP contribution in [0.25, 0.3) is 0 Å². The predicted molar refractivity (Wildman–Crippen MR) is 110 cm³/mol. The van der Waals surface area contributed by atoms with Crippen molar-refractivity contribution in [3.05, 3.63) is 53.1 Å². The van der Waals surface area contributed by atoms with Crippen LogP contribution < -0.4 is 15.4 Å². The molecule has 1 saturated heterocycles. The summed E-state index contributed by atoms with van der Waals surface area (Å²) >= 11 is 0. The number of carbonyl (C=O) groups is 1. The Labute approximate surface area is 165 Å². The second kappa shape index (κ2) is 7.47. The molecule has 28 heavy (non-hydrogen) atoms. The molecule has 1 fully saturated rings. The molecule has 1 aliphatic heterocycles. The summed E-state index contributed by atoms with van der Waals surface area (Å²) in [5.41, 5.74) is 9.22. The second-order valence-corrected chi connectivity index (χ2v) is 9.22. The Hall–Kier alpha value is -2.54. The van der Waals surface area contributed by atoms with Crippen LogP contribution in [0, 0.1) is 0 Å². The van der Waals surface area contributed by atoms with E-state index in [1.807, 2.05) is 6.07 Å². The molecule has 3 N–H and O–H groups in total. The highest BCUT2D eigenvalue weighted by Crippen LogP contribution is 2.32. The number of anilines is 2. The van der Waals surface area contributed by atoms with E-state index in [2.05, 4.69) is 9.62 Å². The van der Waals surface area contributed by atoms with Crippen LogP contribution in [-0.2, 0) is 22.9 Å². The fourth-order valence-electron chi connectivity index (χ4n) is 4.09. The van der Waals surface area contributed by atoms with Crippen LogP contribution in [0.5, 0.6) is 0 Å². The fraction of sp³-hybridized carbons (Fsp3) is 0.381. The molecule has 2 aromatic rings. The van der Waals surface area contributed by atoms with Crippen molar-refractivity contribution in [3.63, 3.8) is 0 Å². The molecular weight excluding hydrogens is 374 g/mol. The molecule has 4 rings (SSSR count). The van der Waals surface area contributed by atoms with Gasteiger partial charge in [-0.15, -0.1) is 0 Å². The number of hydrogen-bond acceptors (Lipinski definition) is 4. The summed E-state index contributed by atoms with van der Waals surface area (Å²) in [5, 5.41) is 0. The van der Waals surface area contributed by atoms with Crippen molar-refractivity contribution in [2.75, 3.05) is 22.7 Å². The molecule has 1 amide bonds. The highest BCUT2D eigenvalue weighted by molar-refractivity contribution is 7.92. The molecule has 0 bridgehead atoms. The number of amides is 1. The minimum atomic E-state index is -3.77. The number of sulfonamides is 1. The van der Waals surface area contributed by atoms with E-state index in [9.17, 15) is 13.2 Å². The molecule has 6 nitrogen and oxygen atoms in total. The Bertz CT molecular complexity index is 1010. The number of nitrogens with one attached hydrogen (secondary N) is 1. The molecule has 0 spiro atoms. The van der Waals surface area contributed by atoms with Gasteiger partial charge >= 0.3 is 0 Å². The number of hydrogen-bond donors (Lipinski definition) is 2. The van der Waals surface area contributed by atoms with E-state index >= 15 is 0 Å². The average molecular weight is 400 g/mol. The Morgan fingerprint density at radius 2 is 1.64 bits per heavy atom. The van der Waals surface area contributed by atoms with E-state index < -0.39 is 15.9 Å². The molecule has 148 valence electrons. The second-order valence-electron chi connectivity index (χ2n) is 7.53. The van der Waals surface area contributed by atoms with Crippen LogP contribution in [0.2, 0.25) is 0 Å². The van der Waals surface area contributed by atoms with E-state index in [0.29, 0.717) is 5.69 Å². The summed E-state index contributed by atoms with van der Waals surface area (Å²) in [4.78, 5) is 14.0. The molecule has 2 aromatic carbocycles. The van der Waals surface area contributed by atoms with E-state index in [1.54, 1.807) is 24.3 Å². The van der Waals surface area contributed by atoms with Gasteiger partial charge in [0.1, 0.15) is 0 Å². The van der Waals surface area contributed by atoms with Crippen molar-refractivity contribution in [1.82, 2.24) is 0 Å². The Kier molecular flexibility index (Phi) is 5.02. The Morgan fingerprint density at radius 3 is 2.36 bits per heavy atom. The molecule has 0 saturated carbocycles. The van der Waals surface area contributed by atoms with Crippen LogP contribution in [0.1, 0.15) is 47.2 Å².